The fourth-order valence-corrected chi connectivity index (χ4v) is 3.42. The molecule has 1 heterocycles. The van der Waals surface area contributed by atoms with Crippen LogP contribution in [0.5, 0.6) is 0 Å². The maximum absolute atomic E-state index is 5.90. The molecule has 2 rings (SSSR count). The molecule has 0 aliphatic carbocycles. The first-order valence-corrected chi connectivity index (χ1v) is 7.89. The standard InChI is InChI=1S/C15H24BrN3/c1-3-19-9-7-12(8-10-19)18(2)15-6-4-5-14(16)13(15)11-17/h4-6,12H,3,7-11,17H2,1-2H3. The molecule has 0 saturated carbocycles. The third-order valence-electron chi connectivity index (χ3n) is 4.23. The Hall–Kier alpha value is -0.580. The van der Waals surface area contributed by atoms with Gasteiger partial charge in [-0.1, -0.05) is 28.9 Å². The Kier molecular flexibility index (Phi) is 5.25. The minimum atomic E-state index is 0.578. The van der Waals surface area contributed by atoms with Crippen LogP contribution in [0.4, 0.5) is 5.69 Å². The summed E-state index contributed by atoms with van der Waals surface area (Å²) in [5.41, 5.74) is 8.38. The van der Waals surface area contributed by atoms with Gasteiger partial charge in [-0.25, -0.2) is 0 Å². The molecule has 4 heteroatoms. The first kappa shape index (κ1) is 14.8. The molecule has 1 aromatic carbocycles. The van der Waals surface area contributed by atoms with E-state index in [1.165, 1.54) is 43.7 Å². The molecule has 106 valence electrons. The van der Waals surface area contributed by atoms with E-state index in [4.69, 9.17) is 5.73 Å². The molecule has 0 bridgehead atoms. The zero-order chi connectivity index (χ0) is 13.8. The van der Waals surface area contributed by atoms with Crippen molar-refractivity contribution in [2.45, 2.75) is 32.4 Å². The van der Waals surface area contributed by atoms with E-state index in [2.05, 4.69) is 57.9 Å². The van der Waals surface area contributed by atoms with E-state index in [0.29, 0.717) is 12.6 Å². The van der Waals surface area contributed by atoms with Crippen molar-refractivity contribution in [2.24, 2.45) is 5.73 Å². The van der Waals surface area contributed by atoms with E-state index in [0.717, 1.165) is 4.47 Å². The molecular formula is C15H24BrN3. The summed E-state index contributed by atoms with van der Waals surface area (Å²) in [6.07, 6.45) is 2.47. The highest BCUT2D eigenvalue weighted by Gasteiger charge is 2.23. The van der Waals surface area contributed by atoms with Crippen LogP contribution >= 0.6 is 15.9 Å². The van der Waals surface area contributed by atoms with Crippen molar-refractivity contribution in [3.05, 3.63) is 28.2 Å². The Bertz CT molecular complexity index is 414. The minimum Gasteiger partial charge on any atom is -0.371 e. The van der Waals surface area contributed by atoms with Crippen LogP contribution < -0.4 is 10.6 Å². The molecule has 1 saturated heterocycles. The minimum absolute atomic E-state index is 0.578. The van der Waals surface area contributed by atoms with Gasteiger partial charge in [0.1, 0.15) is 0 Å². The van der Waals surface area contributed by atoms with Gasteiger partial charge < -0.3 is 15.5 Å². The summed E-state index contributed by atoms with van der Waals surface area (Å²) < 4.78 is 1.12. The molecule has 0 unspecified atom stereocenters. The maximum atomic E-state index is 5.90. The molecular weight excluding hydrogens is 302 g/mol. The molecule has 0 aromatic heterocycles. The van der Waals surface area contributed by atoms with Crippen molar-refractivity contribution in [1.82, 2.24) is 4.90 Å². The number of nitrogens with zero attached hydrogens (tertiary/aromatic N) is 2. The highest BCUT2D eigenvalue weighted by atomic mass is 79.9. The summed E-state index contributed by atoms with van der Waals surface area (Å²) in [5.74, 6) is 0. The summed E-state index contributed by atoms with van der Waals surface area (Å²) in [6, 6.07) is 6.97. The van der Waals surface area contributed by atoms with Gasteiger partial charge in [-0.05, 0) is 31.5 Å². The molecule has 2 N–H and O–H groups in total. The second-order valence-corrected chi connectivity index (χ2v) is 6.07. The molecule has 0 amide bonds. The van der Waals surface area contributed by atoms with E-state index >= 15 is 0 Å². The predicted molar refractivity (Wildman–Crippen MR) is 85.6 cm³/mol. The molecule has 3 nitrogen and oxygen atoms in total. The highest BCUT2D eigenvalue weighted by molar-refractivity contribution is 9.10. The molecule has 0 radical (unpaired) electrons. The number of piperidine rings is 1. The molecule has 0 spiro atoms. The number of nitrogens with two attached hydrogens (primary N) is 1. The zero-order valence-electron chi connectivity index (χ0n) is 11.9. The van der Waals surface area contributed by atoms with Gasteiger partial charge >= 0.3 is 0 Å². The first-order valence-electron chi connectivity index (χ1n) is 7.10. The van der Waals surface area contributed by atoms with Crippen LogP contribution in [0.15, 0.2) is 22.7 Å². The molecule has 1 aliphatic rings. The second-order valence-electron chi connectivity index (χ2n) is 5.22. The monoisotopic (exact) mass is 325 g/mol. The van der Waals surface area contributed by atoms with Crippen LogP contribution in [0.25, 0.3) is 0 Å². The summed E-state index contributed by atoms with van der Waals surface area (Å²) >= 11 is 3.61. The number of halogens is 1. The van der Waals surface area contributed by atoms with Crippen molar-refractivity contribution in [2.75, 3.05) is 31.6 Å². The van der Waals surface area contributed by atoms with Crippen LogP contribution in [0, 0.1) is 0 Å². The van der Waals surface area contributed by atoms with Gasteiger partial charge in [-0.3, -0.25) is 0 Å². The van der Waals surface area contributed by atoms with Gasteiger partial charge in [0.25, 0.3) is 0 Å². The van der Waals surface area contributed by atoms with Crippen molar-refractivity contribution >= 4 is 21.6 Å². The quantitative estimate of drug-likeness (QED) is 0.923. The number of rotatable bonds is 4. The Balaban J connectivity index is 2.12. The summed E-state index contributed by atoms with van der Waals surface area (Å²) in [4.78, 5) is 4.94. The first-order chi connectivity index (χ1) is 9.17. The predicted octanol–water partition coefficient (Wildman–Crippen LogP) is 2.83. The smallest absolute Gasteiger partial charge is 0.0423 e. The lowest BCUT2D eigenvalue weighted by atomic mass is 10.0. The van der Waals surface area contributed by atoms with Gasteiger partial charge in [0.2, 0.25) is 0 Å². The molecule has 1 aromatic rings. The number of hydrogen-bond acceptors (Lipinski definition) is 3. The highest BCUT2D eigenvalue weighted by Crippen LogP contribution is 2.30. The van der Waals surface area contributed by atoms with E-state index < -0.39 is 0 Å². The summed E-state index contributed by atoms with van der Waals surface area (Å²) in [5, 5.41) is 0. The van der Waals surface area contributed by atoms with Gasteiger partial charge in [0.15, 0.2) is 0 Å². The van der Waals surface area contributed by atoms with Crippen molar-refractivity contribution in [1.29, 1.82) is 0 Å². The van der Waals surface area contributed by atoms with Crippen LogP contribution in [-0.2, 0) is 6.54 Å². The fourth-order valence-electron chi connectivity index (χ4n) is 2.90. The van der Waals surface area contributed by atoms with Gasteiger partial charge in [0.05, 0.1) is 0 Å². The van der Waals surface area contributed by atoms with E-state index in [1.54, 1.807) is 0 Å². The zero-order valence-corrected chi connectivity index (χ0v) is 13.5. The lowest BCUT2D eigenvalue weighted by Crippen LogP contribution is -2.43. The van der Waals surface area contributed by atoms with E-state index in [-0.39, 0.29) is 0 Å². The number of anilines is 1. The normalized spacial score (nSPS) is 17.7. The topological polar surface area (TPSA) is 32.5 Å². The SMILES string of the molecule is CCN1CCC(N(C)c2cccc(Br)c2CN)CC1. The second kappa shape index (κ2) is 6.73. The Morgan fingerprint density at radius 3 is 2.63 bits per heavy atom. The Morgan fingerprint density at radius 1 is 1.37 bits per heavy atom. The fraction of sp³-hybridized carbons (Fsp3) is 0.600. The molecule has 1 aliphatic heterocycles. The van der Waals surface area contributed by atoms with Gasteiger partial charge in [0, 0.05) is 48.4 Å². The van der Waals surface area contributed by atoms with Crippen LogP contribution in [-0.4, -0.2) is 37.6 Å². The van der Waals surface area contributed by atoms with Crippen LogP contribution in [0.3, 0.4) is 0 Å². The summed E-state index contributed by atoms with van der Waals surface area (Å²) in [7, 11) is 2.20. The van der Waals surface area contributed by atoms with Gasteiger partial charge in [-0.2, -0.15) is 0 Å². The molecule has 19 heavy (non-hydrogen) atoms. The summed E-state index contributed by atoms with van der Waals surface area (Å²) in [6.45, 7) is 6.40. The average molecular weight is 326 g/mol. The van der Waals surface area contributed by atoms with Crippen molar-refractivity contribution < 1.29 is 0 Å². The van der Waals surface area contributed by atoms with Crippen LogP contribution in [0.2, 0.25) is 0 Å². The lowest BCUT2D eigenvalue weighted by Gasteiger charge is -2.38. The number of hydrogen-bond donors (Lipinski definition) is 1. The lowest BCUT2D eigenvalue weighted by molar-refractivity contribution is 0.221. The van der Waals surface area contributed by atoms with Crippen molar-refractivity contribution in [3.63, 3.8) is 0 Å². The Morgan fingerprint density at radius 2 is 2.05 bits per heavy atom. The third-order valence-corrected chi connectivity index (χ3v) is 4.97. The average Bonchev–Trinajstić information content (AvgIpc) is 2.46. The van der Waals surface area contributed by atoms with Crippen LogP contribution in [0.1, 0.15) is 25.3 Å². The van der Waals surface area contributed by atoms with E-state index in [9.17, 15) is 0 Å². The van der Waals surface area contributed by atoms with E-state index in [1.807, 2.05) is 0 Å². The maximum Gasteiger partial charge on any atom is 0.0423 e. The number of benzene rings is 1. The Labute approximate surface area is 124 Å². The van der Waals surface area contributed by atoms with Crippen molar-refractivity contribution in [3.8, 4) is 0 Å². The number of likely N-dealkylation sites (tertiary alicyclic amines) is 1. The third kappa shape index (κ3) is 3.30. The largest absolute Gasteiger partial charge is 0.371 e. The van der Waals surface area contributed by atoms with Gasteiger partial charge in [-0.15, -0.1) is 0 Å². The molecule has 0 atom stereocenters. The molecule has 1 fully saturated rings.